The molecule has 70 valence electrons. The summed E-state index contributed by atoms with van der Waals surface area (Å²) in [6.07, 6.45) is 6.87. The van der Waals surface area contributed by atoms with E-state index in [2.05, 4.69) is 5.32 Å². The molecule has 1 N–H and O–H groups in total. The lowest BCUT2D eigenvalue weighted by Crippen LogP contribution is -2.35. The maximum absolute atomic E-state index is 11.8. The van der Waals surface area contributed by atoms with Crippen molar-refractivity contribution in [1.82, 2.24) is 5.32 Å². The van der Waals surface area contributed by atoms with E-state index in [0.717, 1.165) is 25.7 Å². The van der Waals surface area contributed by atoms with E-state index in [-0.39, 0.29) is 6.04 Å². The van der Waals surface area contributed by atoms with Crippen molar-refractivity contribution in [1.29, 1.82) is 0 Å². The number of carbonyl (C=O) groups is 1. The summed E-state index contributed by atoms with van der Waals surface area (Å²) in [6.45, 7) is -0.878. The van der Waals surface area contributed by atoms with Crippen LogP contribution in [0.15, 0.2) is 0 Å². The Morgan fingerprint density at radius 1 is 1.25 bits per heavy atom. The Labute approximate surface area is 72.5 Å². The highest BCUT2D eigenvalue weighted by molar-refractivity contribution is 5.77. The predicted octanol–water partition coefficient (Wildman–Crippen LogP) is 1.79. The van der Waals surface area contributed by atoms with Crippen LogP contribution < -0.4 is 5.32 Å². The van der Waals surface area contributed by atoms with Gasteiger partial charge in [-0.15, -0.1) is 0 Å². The molecule has 0 heterocycles. The summed E-state index contributed by atoms with van der Waals surface area (Å²) in [4.78, 5) is 10.7. The average Bonchev–Trinajstić information content (AvgIpc) is 2.33. The van der Waals surface area contributed by atoms with Crippen LogP contribution >= 0.6 is 0 Å². The van der Waals surface area contributed by atoms with Gasteiger partial charge in [-0.1, -0.05) is 25.7 Å². The fourth-order valence-corrected chi connectivity index (χ4v) is 1.69. The van der Waals surface area contributed by atoms with Gasteiger partial charge in [-0.3, -0.25) is 4.79 Å². The molecule has 0 saturated heterocycles. The van der Waals surface area contributed by atoms with Crippen LogP contribution in [0.3, 0.4) is 0 Å². The van der Waals surface area contributed by atoms with Crippen LogP contribution in [0, 0.1) is 0 Å². The number of halogens is 1. The summed E-state index contributed by atoms with van der Waals surface area (Å²) in [5.41, 5.74) is 0. The standard InChI is InChI=1S/C9H16FNO/c10-7-9(12)11-8-5-3-1-2-4-6-8/h8H,1-7H2,(H,11,12). The quantitative estimate of drug-likeness (QED) is 0.634. The lowest BCUT2D eigenvalue weighted by molar-refractivity contribution is -0.122. The van der Waals surface area contributed by atoms with Gasteiger partial charge in [0.25, 0.3) is 5.91 Å². The first kappa shape index (κ1) is 9.49. The Morgan fingerprint density at radius 2 is 1.83 bits per heavy atom. The molecule has 1 rings (SSSR count). The molecule has 3 heteroatoms. The zero-order chi connectivity index (χ0) is 8.81. The second-order valence-electron chi connectivity index (χ2n) is 3.39. The smallest absolute Gasteiger partial charge is 0.251 e. The van der Waals surface area contributed by atoms with Crippen LogP contribution in [-0.4, -0.2) is 18.6 Å². The highest BCUT2D eigenvalue weighted by atomic mass is 19.1. The van der Waals surface area contributed by atoms with E-state index < -0.39 is 12.6 Å². The first-order valence-electron chi connectivity index (χ1n) is 4.68. The van der Waals surface area contributed by atoms with Crippen molar-refractivity contribution in [3.63, 3.8) is 0 Å². The van der Waals surface area contributed by atoms with Gasteiger partial charge in [0.2, 0.25) is 0 Å². The molecule has 1 aliphatic rings. The minimum atomic E-state index is -0.878. The van der Waals surface area contributed by atoms with Gasteiger partial charge in [0.05, 0.1) is 0 Å². The van der Waals surface area contributed by atoms with Crippen LogP contribution in [0.5, 0.6) is 0 Å². The molecule has 0 atom stereocenters. The van der Waals surface area contributed by atoms with Gasteiger partial charge in [-0.2, -0.15) is 0 Å². The lowest BCUT2D eigenvalue weighted by atomic mass is 10.1. The number of carbonyl (C=O) groups excluding carboxylic acids is 1. The number of rotatable bonds is 2. The van der Waals surface area contributed by atoms with Gasteiger partial charge in [-0.25, -0.2) is 4.39 Å². The van der Waals surface area contributed by atoms with Crippen molar-refractivity contribution < 1.29 is 9.18 Å². The van der Waals surface area contributed by atoms with E-state index in [1.807, 2.05) is 0 Å². The van der Waals surface area contributed by atoms with Gasteiger partial charge in [0.15, 0.2) is 6.67 Å². The van der Waals surface area contributed by atoms with Crippen molar-refractivity contribution in [2.45, 2.75) is 44.6 Å². The highest BCUT2D eigenvalue weighted by Crippen LogP contribution is 2.16. The predicted molar refractivity (Wildman–Crippen MR) is 45.6 cm³/mol. The van der Waals surface area contributed by atoms with Crippen LogP contribution in [0.1, 0.15) is 38.5 Å². The second kappa shape index (κ2) is 5.12. The molecular weight excluding hydrogens is 157 g/mol. The molecule has 0 radical (unpaired) electrons. The monoisotopic (exact) mass is 173 g/mol. The summed E-state index contributed by atoms with van der Waals surface area (Å²) in [7, 11) is 0. The van der Waals surface area contributed by atoms with Crippen LogP contribution in [0.2, 0.25) is 0 Å². The van der Waals surface area contributed by atoms with Crippen molar-refractivity contribution in [3.8, 4) is 0 Å². The Morgan fingerprint density at radius 3 is 2.33 bits per heavy atom. The Bertz CT molecular complexity index is 141. The Hall–Kier alpha value is -0.600. The zero-order valence-corrected chi connectivity index (χ0v) is 7.31. The third kappa shape index (κ3) is 3.20. The SMILES string of the molecule is O=C(CF)NC1CCCCCC1. The third-order valence-corrected chi connectivity index (χ3v) is 2.34. The van der Waals surface area contributed by atoms with Gasteiger partial charge in [0.1, 0.15) is 0 Å². The molecule has 0 aromatic heterocycles. The van der Waals surface area contributed by atoms with Crippen molar-refractivity contribution >= 4 is 5.91 Å². The molecule has 0 unspecified atom stereocenters. The molecule has 1 amide bonds. The molecule has 0 spiro atoms. The van der Waals surface area contributed by atoms with Crippen molar-refractivity contribution in [2.75, 3.05) is 6.67 Å². The van der Waals surface area contributed by atoms with Crippen LogP contribution in [0.25, 0.3) is 0 Å². The van der Waals surface area contributed by atoms with Gasteiger partial charge in [0, 0.05) is 6.04 Å². The molecule has 1 saturated carbocycles. The molecule has 1 fully saturated rings. The topological polar surface area (TPSA) is 29.1 Å². The van der Waals surface area contributed by atoms with Gasteiger partial charge >= 0.3 is 0 Å². The fourth-order valence-electron chi connectivity index (χ4n) is 1.69. The molecule has 0 bridgehead atoms. The minimum Gasteiger partial charge on any atom is -0.351 e. The summed E-state index contributed by atoms with van der Waals surface area (Å²) in [5.74, 6) is -0.457. The van der Waals surface area contributed by atoms with E-state index in [1.165, 1.54) is 12.8 Å². The van der Waals surface area contributed by atoms with Gasteiger partial charge in [-0.05, 0) is 12.8 Å². The van der Waals surface area contributed by atoms with Crippen molar-refractivity contribution in [2.24, 2.45) is 0 Å². The third-order valence-electron chi connectivity index (χ3n) is 2.34. The largest absolute Gasteiger partial charge is 0.351 e. The summed E-state index contributed by atoms with van der Waals surface area (Å²) in [5, 5.41) is 2.69. The average molecular weight is 173 g/mol. The molecule has 0 aliphatic heterocycles. The first-order chi connectivity index (χ1) is 5.83. The van der Waals surface area contributed by atoms with E-state index >= 15 is 0 Å². The lowest BCUT2D eigenvalue weighted by Gasteiger charge is -2.14. The fraction of sp³-hybridized carbons (Fsp3) is 0.889. The minimum absolute atomic E-state index is 0.232. The zero-order valence-electron chi connectivity index (χ0n) is 7.31. The molecule has 12 heavy (non-hydrogen) atoms. The normalized spacial score (nSPS) is 20.1. The van der Waals surface area contributed by atoms with E-state index in [4.69, 9.17) is 0 Å². The number of nitrogens with one attached hydrogen (secondary N) is 1. The van der Waals surface area contributed by atoms with E-state index in [0.29, 0.717) is 0 Å². The highest BCUT2D eigenvalue weighted by Gasteiger charge is 2.13. The molecule has 2 nitrogen and oxygen atoms in total. The number of hydrogen-bond donors (Lipinski definition) is 1. The summed E-state index contributed by atoms with van der Waals surface area (Å²) in [6, 6.07) is 0.232. The maximum atomic E-state index is 11.8. The number of amides is 1. The Balaban J connectivity index is 2.24. The molecule has 0 aromatic carbocycles. The molecular formula is C9H16FNO. The van der Waals surface area contributed by atoms with Gasteiger partial charge < -0.3 is 5.32 Å². The number of alkyl halides is 1. The Kier molecular flexibility index (Phi) is 4.05. The maximum Gasteiger partial charge on any atom is 0.251 e. The summed E-state index contributed by atoms with van der Waals surface area (Å²) < 4.78 is 11.8. The van der Waals surface area contributed by atoms with Crippen molar-refractivity contribution in [3.05, 3.63) is 0 Å². The van der Waals surface area contributed by atoms with Crippen LogP contribution in [-0.2, 0) is 4.79 Å². The van der Waals surface area contributed by atoms with E-state index in [9.17, 15) is 9.18 Å². The van der Waals surface area contributed by atoms with E-state index in [1.54, 1.807) is 0 Å². The second-order valence-corrected chi connectivity index (χ2v) is 3.39. The molecule has 1 aliphatic carbocycles. The first-order valence-corrected chi connectivity index (χ1v) is 4.68. The summed E-state index contributed by atoms with van der Waals surface area (Å²) >= 11 is 0. The molecule has 0 aromatic rings. The number of hydrogen-bond acceptors (Lipinski definition) is 1. The van der Waals surface area contributed by atoms with Crippen LogP contribution in [0.4, 0.5) is 4.39 Å².